The summed E-state index contributed by atoms with van der Waals surface area (Å²) in [5.74, 6) is -2.38. The van der Waals surface area contributed by atoms with Crippen molar-refractivity contribution in [1.29, 1.82) is 0 Å². The van der Waals surface area contributed by atoms with Gasteiger partial charge in [-0.05, 0) is 45.0 Å². The summed E-state index contributed by atoms with van der Waals surface area (Å²) in [6.07, 6.45) is -0.985. The summed E-state index contributed by atoms with van der Waals surface area (Å²) < 4.78 is 42.1. The van der Waals surface area contributed by atoms with Gasteiger partial charge in [0.15, 0.2) is 11.6 Å². The van der Waals surface area contributed by atoms with Crippen molar-refractivity contribution in [1.82, 2.24) is 5.32 Å². The van der Waals surface area contributed by atoms with Crippen LogP contribution >= 0.6 is 0 Å². The maximum Gasteiger partial charge on any atom is 0.408 e. The third kappa shape index (κ3) is 6.57. The topological polar surface area (TPSA) is 98.0 Å². The number of furan rings is 1. The Balaban J connectivity index is 1.95. The SMILES string of the molecule is CC(C)(C)OC(=O)NC(Cc1ccc(COc2ccc(F)cc2F)o1)C(=O)O. The Bertz CT molecular complexity index is 843. The number of halogens is 2. The number of carbonyl (C=O) groups excluding carboxylic acids is 1. The Labute approximate surface area is 160 Å². The minimum Gasteiger partial charge on any atom is -0.483 e. The molecule has 0 aliphatic rings. The number of carboxylic acids is 1. The van der Waals surface area contributed by atoms with Crippen molar-refractivity contribution in [3.63, 3.8) is 0 Å². The first-order chi connectivity index (χ1) is 13.0. The number of carboxylic acid groups (broad SMARTS) is 1. The molecule has 1 unspecified atom stereocenters. The molecule has 0 saturated carbocycles. The lowest BCUT2D eigenvalue weighted by molar-refractivity contribution is -0.139. The molecule has 152 valence electrons. The van der Waals surface area contributed by atoms with E-state index < -0.39 is 35.3 Å². The molecule has 0 bridgehead atoms. The molecule has 2 rings (SSSR count). The van der Waals surface area contributed by atoms with Gasteiger partial charge in [0, 0.05) is 12.5 Å². The van der Waals surface area contributed by atoms with Crippen molar-refractivity contribution in [2.45, 2.75) is 45.4 Å². The molecule has 7 nitrogen and oxygen atoms in total. The van der Waals surface area contributed by atoms with E-state index in [4.69, 9.17) is 13.9 Å². The van der Waals surface area contributed by atoms with Crippen LogP contribution in [0.15, 0.2) is 34.7 Å². The number of nitrogens with one attached hydrogen (secondary N) is 1. The van der Waals surface area contributed by atoms with Gasteiger partial charge in [-0.1, -0.05) is 0 Å². The van der Waals surface area contributed by atoms with E-state index in [2.05, 4.69) is 5.32 Å². The molecule has 0 fully saturated rings. The van der Waals surface area contributed by atoms with E-state index in [1.165, 1.54) is 12.1 Å². The second kappa shape index (κ2) is 8.73. The molecule has 0 aliphatic carbocycles. The van der Waals surface area contributed by atoms with Crippen LogP contribution in [0.3, 0.4) is 0 Å². The van der Waals surface area contributed by atoms with Crippen LogP contribution in [0.2, 0.25) is 0 Å². The summed E-state index contributed by atoms with van der Waals surface area (Å²) >= 11 is 0. The van der Waals surface area contributed by atoms with Crippen LogP contribution in [0.25, 0.3) is 0 Å². The Morgan fingerprint density at radius 2 is 1.86 bits per heavy atom. The maximum atomic E-state index is 13.5. The van der Waals surface area contributed by atoms with E-state index in [-0.39, 0.29) is 24.5 Å². The van der Waals surface area contributed by atoms with Gasteiger partial charge < -0.3 is 24.3 Å². The second-order valence-corrected chi connectivity index (χ2v) is 6.97. The highest BCUT2D eigenvalue weighted by Crippen LogP contribution is 2.20. The number of benzene rings is 1. The van der Waals surface area contributed by atoms with Gasteiger partial charge in [-0.25, -0.2) is 18.4 Å². The second-order valence-electron chi connectivity index (χ2n) is 6.97. The van der Waals surface area contributed by atoms with Gasteiger partial charge >= 0.3 is 12.1 Å². The summed E-state index contributed by atoms with van der Waals surface area (Å²) in [5.41, 5.74) is -0.766. The predicted octanol–water partition coefficient (Wildman–Crippen LogP) is 3.66. The van der Waals surface area contributed by atoms with E-state index >= 15 is 0 Å². The average molecular weight is 397 g/mol. The quantitative estimate of drug-likeness (QED) is 0.740. The normalized spacial score (nSPS) is 12.3. The summed E-state index contributed by atoms with van der Waals surface area (Å²) in [6, 6.07) is 4.70. The van der Waals surface area contributed by atoms with Crippen LogP contribution < -0.4 is 10.1 Å². The fourth-order valence-electron chi connectivity index (χ4n) is 2.20. The minimum atomic E-state index is -1.26. The van der Waals surface area contributed by atoms with Gasteiger partial charge in [0.25, 0.3) is 0 Å². The van der Waals surface area contributed by atoms with Crippen molar-refractivity contribution in [2.75, 3.05) is 0 Å². The number of aliphatic carboxylic acids is 1. The molecule has 1 aromatic carbocycles. The zero-order chi connectivity index (χ0) is 20.9. The van der Waals surface area contributed by atoms with E-state index in [1.807, 2.05) is 0 Å². The first-order valence-electron chi connectivity index (χ1n) is 8.41. The van der Waals surface area contributed by atoms with Crippen LogP contribution in [0.4, 0.5) is 13.6 Å². The number of hydrogen-bond donors (Lipinski definition) is 2. The van der Waals surface area contributed by atoms with Gasteiger partial charge in [0.05, 0.1) is 0 Å². The highest BCUT2D eigenvalue weighted by atomic mass is 19.1. The highest BCUT2D eigenvalue weighted by molar-refractivity contribution is 5.80. The maximum absolute atomic E-state index is 13.5. The summed E-state index contributed by atoms with van der Waals surface area (Å²) in [4.78, 5) is 23.2. The molecule has 28 heavy (non-hydrogen) atoms. The third-order valence-electron chi connectivity index (χ3n) is 3.38. The summed E-state index contributed by atoms with van der Waals surface area (Å²) in [5, 5.41) is 11.5. The van der Waals surface area contributed by atoms with E-state index in [0.717, 1.165) is 12.1 Å². The van der Waals surface area contributed by atoms with Crippen LogP contribution in [-0.4, -0.2) is 28.8 Å². The van der Waals surface area contributed by atoms with Crippen LogP contribution in [0.1, 0.15) is 32.3 Å². The molecule has 1 amide bonds. The molecule has 1 atom stereocenters. The number of rotatable bonds is 7. The first kappa shape index (κ1) is 21.2. The van der Waals surface area contributed by atoms with Crippen LogP contribution in [0.5, 0.6) is 5.75 Å². The molecule has 0 radical (unpaired) electrons. The van der Waals surface area contributed by atoms with Gasteiger partial charge in [0.2, 0.25) is 0 Å². The minimum absolute atomic E-state index is 0.126. The van der Waals surface area contributed by atoms with Gasteiger partial charge in [-0.15, -0.1) is 0 Å². The van der Waals surface area contributed by atoms with Crippen molar-refractivity contribution in [3.8, 4) is 5.75 Å². The predicted molar refractivity (Wildman–Crippen MR) is 93.9 cm³/mol. The Morgan fingerprint density at radius 1 is 1.18 bits per heavy atom. The lowest BCUT2D eigenvalue weighted by atomic mass is 10.1. The van der Waals surface area contributed by atoms with Gasteiger partial charge in [0.1, 0.15) is 35.6 Å². The molecular weight excluding hydrogens is 376 g/mol. The lowest BCUT2D eigenvalue weighted by Gasteiger charge is -2.21. The molecule has 0 spiro atoms. The van der Waals surface area contributed by atoms with Gasteiger partial charge in [-0.2, -0.15) is 0 Å². The molecule has 2 N–H and O–H groups in total. The molecular formula is C19H21F2NO6. The fourth-order valence-corrected chi connectivity index (χ4v) is 2.20. The molecule has 9 heteroatoms. The van der Waals surface area contributed by atoms with Crippen molar-refractivity contribution in [2.24, 2.45) is 0 Å². The number of hydrogen-bond acceptors (Lipinski definition) is 5. The Kier molecular flexibility index (Phi) is 6.61. The number of amides is 1. The van der Waals surface area contributed by atoms with E-state index in [9.17, 15) is 23.5 Å². The largest absolute Gasteiger partial charge is 0.483 e. The monoisotopic (exact) mass is 397 g/mol. The van der Waals surface area contributed by atoms with Gasteiger partial charge in [-0.3, -0.25) is 0 Å². The first-order valence-corrected chi connectivity index (χ1v) is 8.41. The Hall–Kier alpha value is -3.10. The summed E-state index contributed by atoms with van der Waals surface area (Å²) in [6.45, 7) is 4.83. The molecule has 1 heterocycles. The van der Waals surface area contributed by atoms with Crippen LogP contribution in [0, 0.1) is 11.6 Å². The van der Waals surface area contributed by atoms with Crippen molar-refractivity contribution < 1.29 is 37.4 Å². The molecule has 1 aromatic heterocycles. The molecule has 0 aliphatic heterocycles. The number of alkyl carbamates (subject to hydrolysis) is 1. The molecule has 0 saturated heterocycles. The van der Waals surface area contributed by atoms with Crippen molar-refractivity contribution in [3.05, 3.63) is 53.5 Å². The lowest BCUT2D eigenvalue weighted by Crippen LogP contribution is -2.44. The molecule has 2 aromatic rings. The zero-order valence-electron chi connectivity index (χ0n) is 15.6. The number of carbonyl (C=O) groups is 2. The standard InChI is InChI=1S/C19H21F2NO6/c1-19(2,3)28-18(25)22-15(17(23)24)9-12-5-6-13(27-12)10-26-16-7-4-11(20)8-14(16)21/h4-8,15H,9-10H2,1-3H3,(H,22,25)(H,23,24). The van der Waals surface area contributed by atoms with Crippen LogP contribution in [-0.2, 0) is 22.6 Å². The van der Waals surface area contributed by atoms with Crippen molar-refractivity contribution >= 4 is 12.1 Å². The Morgan fingerprint density at radius 3 is 2.46 bits per heavy atom. The van der Waals surface area contributed by atoms with E-state index in [1.54, 1.807) is 20.8 Å². The zero-order valence-corrected chi connectivity index (χ0v) is 15.6. The fraction of sp³-hybridized carbons (Fsp3) is 0.368. The average Bonchev–Trinajstić information content (AvgIpc) is 2.99. The van der Waals surface area contributed by atoms with E-state index in [0.29, 0.717) is 11.8 Å². The summed E-state index contributed by atoms with van der Waals surface area (Å²) in [7, 11) is 0. The third-order valence-corrected chi connectivity index (χ3v) is 3.38. The highest BCUT2D eigenvalue weighted by Gasteiger charge is 2.25. The smallest absolute Gasteiger partial charge is 0.408 e. The number of ether oxygens (including phenoxy) is 2.